The van der Waals surface area contributed by atoms with Gasteiger partial charge in [0.15, 0.2) is 0 Å². The van der Waals surface area contributed by atoms with Crippen LogP contribution in [0.2, 0.25) is 0 Å². The van der Waals surface area contributed by atoms with Crippen molar-refractivity contribution < 1.29 is 19.4 Å². The number of aromatic nitrogens is 1. The zero-order chi connectivity index (χ0) is 21.0. The van der Waals surface area contributed by atoms with Gasteiger partial charge in [-0.1, -0.05) is 30.3 Å². The lowest BCUT2D eigenvalue weighted by Gasteiger charge is -2.14. The molecule has 1 heterocycles. The highest BCUT2D eigenvalue weighted by molar-refractivity contribution is 5.99. The molecule has 0 radical (unpaired) electrons. The van der Waals surface area contributed by atoms with Crippen LogP contribution in [0.15, 0.2) is 48.5 Å². The van der Waals surface area contributed by atoms with Crippen molar-refractivity contribution in [1.29, 1.82) is 0 Å². The van der Waals surface area contributed by atoms with E-state index in [2.05, 4.69) is 16.8 Å². The van der Waals surface area contributed by atoms with Crippen molar-refractivity contribution in [3.05, 3.63) is 70.9 Å². The molecule has 3 rings (SSSR count). The fraction of sp³-hybridized carbons (Fsp3) is 0.304. The first-order chi connectivity index (χ1) is 13.9. The van der Waals surface area contributed by atoms with Gasteiger partial charge in [-0.2, -0.15) is 0 Å². The van der Waals surface area contributed by atoms with Crippen molar-refractivity contribution in [1.82, 2.24) is 9.88 Å². The molecule has 0 aliphatic rings. The summed E-state index contributed by atoms with van der Waals surface area (Å²) in [6.07, 6.45) is 0. The van der Waals surface area contributed by atoms with E-state index in [0.29, 0.717) is 17.7 Å². The van der Waals surface area contributed by atoms with Crippen molar-refractivity contribution in [2.45, 2.75) is 26.3 Å². The Morgan fingerprint density at radius 3 is 2.52 bits per heavy atom. The summed E-state index contributed by atoms with van der Waals surface area (Å²) in [6, 6.07) is 14.5. The molecule has 0 saturated carbocycles. The molecule has 29 heavy (non-hydrogen) atoms. The summed E-state index contributed by atoms with van der Waals surface area (Å²) >= 11 is 0. The highest BCUT2D eigenvalue weighted by atomic mass is 16.5. The average Bonchev–Trinajstić information content (AvgIpc) is 2.96. The van der Waals surface area contributed by atoms with E-state index < -0.39 is 11.9 Å². The number of ether oxygens (including phenoxy) is 1. The molecule has 0 fully saturated rings. The molecule has 0 saturated heterocycles. The third kappa shape index (κ3) is 4.32. The first-order valence-electron chi connectivity index (χ1n) is 9.58. The van der Waals surface area contributed by atoms with Crippen LogP contribution in [-0.4, -0.2) is 41.8 Å². The molecule has 3 aromatic rings. The van der Waals surface area contributed by atoms with Gasteiger partial charge in [-0.3, -0.25) is 9.59 Å². The van der Waals surface area contributed by atoms with Crippen LogP contribution >= 0.6 is 0 Å². The Hall–Kier alpha value is -3.12. The molecule has 0 aliphatic carbocycles. The Labute approximate surface area is 170 Å². The number of nitrogens with one attached hydrogen (secondary N) is 1. The third-order valence-corrected chi connectivity index (χ3v) is 5.39. The molecule has 2 aromatic carbocycles. The second-order valence-corrected chi connectivity index (χ2v) is 7.10. The maximum Gasteiger partial charge on any atom is 0.312 e. The van der Waals surface area contributed by atoms with E-state index in [4.69, 9.17) is 4.74 Å². The second-order valence-electron chi connectivity index (χ2n) is 7.10. The second kappa shape index (κ2) is 8.92. The Morgan fingerprint density at radius 2 is 1.86 bits per heavy atom. The van der Waals surface area contributed by atoms with Gasteiger partial charge in [-0.25, -0.2) is 0 Å². The van der Waals surface area contributed by atoms with Crippen LogP contribution in [0, 0.1) is 13.8 Å². The lowest BCUT2D eigenvalue weighted by molar-refractivity contribution is -0.138. The van der Waals surface area contributed by atoms with E-state index in [1.165, 1.54) is 0 Å². The molecule has 1 unspecified atom stereocenters. The summed E-state index contributed by atoms with van der Waals surface area (Å²) in [7, 11) is 1.68. The minimum absolute atomic E-state index is 0.0308. The minimum atomic E-state index is -0.964. The molecule has 1 atom stereocenters. The number of hydrogen-bond donors (Lipinski definition) is 2. The first kappa shape index (κ1) is 20.6. The number of methoxy groups -OCH3 is 1. The Morgan fingerprint density at radius 1 is 1.14 bits per heavy atom. The van der Waals surface area contributed by atoms with Gasteiger partial charge in [-0.15, -0.1) is 0 Å². The number of aryl methyl sites for hydroxylation is 1. The lowest BCUT2D eigenvalue weighted by atomic mass is 9.99. The number of carbonyl (C=O) groups excluding carboxylic acids is 1. The topological polar surface area (TPSA) is 80.6 Å². The standard InChI is InChI=1S/C23H26N2O4/c1-15-16(2)25(11-12-29-3)21-10-9-18(13-19(15)21)22(26)24-14-20(23(27)28)17-7-5-4-6-8-17/h4-10,13,20H,11-12,14H2,1-3H3,(H,24,26)(H,27,28). The molecule has 152 valence electrons. The smallest absolute Gasteiger partial charge is 0.312 e. The minimum Gasteiger partial charge on any atom is -0.481 e. The number of amides is 1. The van der Waals surface area contributed by atoms with E-state index in [-0.39, 0.29) is 12.5 Å². The number of carbonyl (C=O) groups is 2. The van der Waals surface area contributed by atoms with Gasteiger partial charge >= 0.3 is 5.97 Å². The summed E-state index contributed by atoms with van der Waals surface area (Å²) in [5.74, 6) is -2.03. The fourth-order valence-corrected chi connectivity index (χ4v) is 3.59. The number of hydrogen-bond acceptors (Lipinski definition) is 3. The molecule has 1 aromatic heterocycles. The van der Waals surface area contributed by atoms with Crippen LogP contribution in [-0.2, 0) is 16.1 Å². The highest BCUT2D eigenvalue weighted by Crippen LogP contribution is 2.26. The van der Waals surface area contributed by atoms with E-state index in [9.17, 15) is 14.7 Å². The lowest BCUT2D eigenvalue weighted by Crippen LogP contribution is -2.31. The summed E-state index contributed by atoms with van der Waals surface area (Å²) < 4.78 is 7.38. The number of nitrogens with zero attached hydrogens (tertiary/aromatic N) is 1. The Kier molecular flexibility index (Phi) is 6.34. The number of aliphatic carboxylic acids is 1. The summed E-state index contributed by atoms with van der Waals surface area (Å²) in [6.45, 7) is 5.49. The number of fused-ring (bicyclic) bond motifs is 1. The molecule has 1 amide bonds. The van der Waals surface area contributed by atoms with Crippen LogP contribution in [0.4, 0.5) is 0 Å². The van der Waals surface area contributed by atoms with Crippen molar-refractivity contribution >= 4 is 22.8 Å². The fourth-order valence-electron chi connectivity index (χ4n) is 3.59. The van der Waals surface area contributed by atoms with Crippen LogP contribution in [0.3, 0.4) is 0 Å². The van der Waals surface area contributed by atoms with Gasteiger partial charge in [0.25, 0.3) is 5.91 Å². The Bertz CT molecular complexity index is 1020. The van der Waals surface area contributed by atoms with E-state index in [0.717, 1.165) is 28.7 Å². The van der Waals surface area contributed by atoms with Gasteiger partial charge in [0, 0.05) is 42.4 Å². The quantitative estimate of drug-likeness (QED) is 0.613. The first-order valence-corrected chi connectivity index (χ1v) is 9.58. The van der Waals surface area contributed by atoms with Gasteiger partial charge in [0.05, 0.1) is 12.5 Å². The van der Waals surface area contributed by atoms with Gasteiger partial charge in [-0.05, 0) is 43.2 Å². The number of carboxylic acids is 1. The third-order valence-electron chi connectivity index (χ3n) is 5.39. The maximum atomic E-state index is 12.7. The molecule has 6 heteroatoms. The molecule has 0 aliphatic heterocycles. The van der Waals surface area contributed by atoms with E-state index in [1.54, 1.807) is 37.4 Å². The van der Waals surface area contributed by atoms with Crippen molar-refractivity contribution in [3.63, 3.8) is 0 Å². The average molecular weight is 394 g/mol. The number of benzene rings is 2. The van der Waals surface area contributed by atoms with Crippen LogP contribution in [0.5, 0.6) is 0 Å². The van der Waals surface area contributed by atoms with Crippen molar-refractivity contribution in [3.8, 4) is 0 Å². The molecular weight excluding hydrogens is 368 g/mol. The monoisotopic (exact) mass is 394 g/mol. The predicted octanol–water partition coefficient (Wildman–Crippen LogP) is 3.50. The van der Waals surface area contributed by atoms with Crippen molar-refractivity contribution in [2.75, 3.05) is 20.3 Å². The molecular formula is C23H26N2O4. The SMILES string of the molecule is COCCn1c(C)c(C)c2cc(C(=O)NCC(C(=O)O)c3ccccc3)ccc21. The highest BCUT2D eigenvalue weighted by Gasteiger charge is 2.21. The molecule has 6 nitrogen and oxygen atoms in total. The number of carboxylic acid groups (broad SMARTS) is 1. The Balaban J connectivity index is 1.80. The maximum absolute atomic E-state index is 12.7. The normalized spacial score (nSPS) is 12.1. The van der Waals surface area contributed by atoms with Gasteiger partial charge in [0.1, 0.15) is 0 Å². The van der Waals surface area contributed by atoms with Gasteiger partial charge in [0.2, 0.25) is 0 Å². The zero-order valence-corrected chi connectivity index (χ0v) is 16.9. The van der Waals surface area contributed by atoms with Gasteiger partial charge < -0.3 is 19.7 Å². The van der Waals surface area contributed by atoms with Crippen molar-refractivity contribution in [2.24, 2.45) is 0 Å². The van der Waals surface area contributed by atoms with Crippen LogP contribution in [0.25, 0.3) is 10.9 Å². The predicted molar refractivity (Wildman–Crippen MR) is 112 cm³/mol. The molecule has 0 bridgehead atoms. The summed E-state index contributed by atoms with van der Waals surface area (Å²) in [4.78, 5) is 24.3. The number of rotatable bonds is 8. The largest absolute Gasteiger partial charge is 0.481 e. The van der Waals surface area contributed by atoms with E-state index in [1.807, 2.05) is 25.1 Å². The van der Waals surface area contributed by atoms with Crippen LogP contribution in [0.1, 0.15) is 33.1 Å². The summed E-state index contributed by atoms with van der Waals surface area (Å²) in [5, 5.41) is 13.3. The molecule has 2 N–H and O–H groups in total. The van der Waals surface area contributed by atoms with Crippen LogP contribution < -0.4 is 5.32 Å². The zero-order valence-electron chi connectivity index (χ0n) is 16.9. The van der Waals surface area contributed by atoms with E-state index >= 15 is 0 Å². The summed E-state index contributed by atoms with van der Waals surface area (Å²) in [5.41, 5.74) is 4.50. The molecule has 0 spiro atoms.